The Hall–Kier alpha value is -1.97. The van der Waals surface area contributed by atoms with Gasteiger partial charge in [0.25, 0.3) is 0 Å². The summed E-state index contributed by atoms with van der Waals surface area (Å²) in [6.07, 6.45) is 0. The van der Waals surface area contributed by atoms with Crippen LogP contribution in [-0.4, -0.2) is 0 Å². The molecule has 0 unspecified atom stereocenters. The highest BCUT2D eigenvalue weighted by Gasteiger charge is 2.16. The zero-order chi connectivity index (χ0) is 14.9. The molecule has 4 nitrogen and oxygen atoms in total. The van der Waals surface area contributed by atoms with Crippen LogP contribution in [0.2, 0.25) is 5.02 Å². The zero-order valence-corrected chi connectivity index (χ0v) is 12.4. The van der Waals surface area contributed by atoms with E-state index in [9.17, 15) is 4.39 Å². The molecule has 7 heteroatoms. The van der Waals surface area contributed by atoms with E-state index >= 15 is 0 Å². The largest absolute Gasteiger partial charge is 0.397 e. The third-order valence-electron chi connectivity index (χ3n) is 2.65. The highest BCUT2D eigenvalue weighted by molar-refractivity contribution is 9.10. The van der Waals surface area contributed by atoms with Crippen molar-refractivity contribution >= 4 is 50.3 Å². The minimum Gasteiger partial charge on any atom is -0.397 e. The number of halogens is 3. The van der Waals surface area contributed by atoms with Gasteiger partial charge < -0.3 is 16.8 Å². The lowest BCUT2D eigenvalue weighted by Crippen LogP contribution is -2.05. The fourth-order valence-electron chi connectivity index (χ4n) is 1.62. The van der Waals surface area contributed by atoms with Crippen LogP contribution >= 0.6 is 27.5 Å². The summed E-state index contributed by atoms with van der Waals surface area (Å²) in [6, 6.07) is 8.21. The number of nitrogens with one attached hydrogen (secondary N) is 1. The van der Waals surface area contributed by atoms with Crippen LogP contribution in [0.25, 0.3) is 0 Å². The van der Waals surface area contributed by atoms with E-state index in [0.29, 0.717) is 10.7 Å². The highest BCUT2D eigenvalue weighted by atomic mass is 79.9. The van der Waals surface area contributed by atoms with Gasteiger partial charge in [0.2, 0.25) is 0 Å². The number of nitrogens with two attached hydrogens (primary N) is 2. The molecule has 2 rings (SSSR count). The van der Waals surface area contributed by atoms with E-state index in [0.717, 1.165) is 4.47 Å². The van der Waals surface area contributed by atoms with Crippen molar-refractivity contribution in [3.63, 3.8) is 0 Å². The average Bonchev–Trinajstić information content (AvgIpc) is 2.41. The molecule has 0 aliphatic heterocycles. The van der Waals surface area contributed by atoms with Gasteiger partial charge in [-0.1, -0.05) is 27.5 Å². The van der Waals surface area contributed by atoms with Crippen LogP contribution in [0, 0.1) is 17.1 Å². The van der Waals surface area contributed by atoms with E-state index in [1.54, 1.807) is 18.2 Å². The maximum absolute atomic E-state index is 14.1. The molecule has 0 spiro atoms. The van der Waals surface area contributed by atoms with Gasteiger partial charge in [-0.05, 0) is 24.3 Å². The summed E-state index contributed by atoms with van der Waals surface area (Å²) in [5.41, 5.74) is 11.3. The first-order valence-electron chi connectivity index (χ1n) is 5.43. The Bertz CT molecular complexity index is 727. The fourth-order valence-corrected chi connectivity index (χ4v) is 2.34. The first-order chi connectivity index (χ1) is 9.43. The molecular weight excluding hydrogens is 347 g/mol. The Labute approximate surface area is 128 Å². The number of hydrogen-bond acceptors (Lipinski definition) is 4. The second kappa shape index (κ2) is 5.57. The maximum Gasteiger partial charge on any atom is 0.172 e. The van der Waals surface area contributed by atoms with Gasteiger partial charge in [0.1, 0.15) is 6.07 Å². The van der Waals surface area contributed by atoms with Crippen molar-refractivity contribution in [1.82, 2.24) is 0 Å². The van der Waals surface area contributed by atoms with E-state index in [4.69, 9.17) is 28.3 Å². The van der Waals surface area contributed by atoms with Gasteiger partial charge in [0.05, 0.1) is 33.3 Å². The van der Waals surface area contributed by atoms with Crippen molar-refractivity contribution in [2.24, 2.45) is 0 Å². The summed E-state index contributed by atoms with van der Waals surface area (Å²) < 4.78 is 14.9. The van der Waals surface area contributed by atoms with Crippen molar-refractivity contribution in [2.75, 3.05) is 16.8 Å². The third-order valence-corrected chi connectivity index (χ3v) is 3.45. The van der Waals surface area contributed by atoms with Gasteiger partial charge in [-0.15, -0.1) is 0 Å². The lowest BCUT2D eigenvalue weighted by Gasteiger charge is -2.13. The van der Waals surface area contributed by atoms with Crippen molar-refractivity contribution in [3.05, 3.63) is 45.1 Å². The van der Waals surface area contributed by atoms with Gasteiger partial charge >= 0.3 is 0 Å². The number of nitriles is 1. The summed E-state index contributed by atoms with van der Waals surface area (Å²) in [7, 11) is 0. The van der Waals surface area contributed by atoms with Gasteiger partial charge in [0.15, 0.2) is 5.82 Å². The normalized spacial score (nSPS) is 10.1. The minimum atomic E-state index is -0.777. The first-order valence-corrected chi connectivity index (χ1v) is 6.60. The van der Waals surface area contributed by atoms with Gasteiger partial charge in [0, 0.05) is 4.47 Å². The highest BCUT2D eigenvalue weighted by Crippen LogP contribution is 2.34. The second-order valence-electron chi connectivity index (χ2n) is 3.98. The van der Waals surface area contributed by atoms with Crippen LogP contribution in [0.3, 0.4) is 0 Å². The summed E-state index contributed by atoms with van der Waals surface area (Å²) in [5, 5.41) is 12.2. The molecule has 0 radical (unpaired) electrons. The van der Waals surface area contributed by atoms with E-state index in [1.807, 2.05) is 6.07 Å². The standard InChI is InChI=1S/C13H9BrClFN4/c14-7-1-2-10(8(15)4-7)20-13-6(5-17)3-9(18)12(19)11(13)16/h1-4,20H,18-19H2. The minimum absolute atomic E-state index is 0.0199. The number of rotatable bonds is 2. The molecule has 2 aromatic carbocycles. The van der Waals surface area contributed by atoms with Crippen LogP contribution in [0.5, 0.6) is 0 Å². The predicted octanol–water partition coefficient (Wildman–Crippen LogP) is 4.02. The molecule has 0 atom stereocenters. The number of nitrogen functional groups attached to an aromatic ring is 2. The molecule has 2 aromatic rings. The number of hydrogen-bond donors (Lipinski definition) is 3. The van der Waals surface area contributed by atoms with Crippen LogP contribution in [0.1, 0.15) is 5.56 Å². The van der Waals surface area contributed by atoms with E-state index in [-0.39, 0.29) is 22.6 Å². The summed E-state index contributed by atoms with van der Waals surface area (Å²) in [5.74, 6) is -0.777. The molecule has 0 saturated heterocycles. The SMILES string of the molecule is N#Cc1cc(N)c(N)c(F)c1Nc1ccc(Br)cc1Cl. The fraction of sp³-hybridized carbons (Fsp3) is 0. The van der Waals surface area contributed by atoms with Crippen LogP contribution < -0.4 is 16.8 Å². The molecule has 5 N–H and O–H groups in total. The molecule has 102 valence electrons. The Kier molecular flexibility index (Phi) is 4.02. The van der Waals surface area contributed by atoms with Crippen molar-refractivity contribution in [3.8, 4) is 6.07 Å². The van der Waals surface area contributed by atoms with Crippen molar-refractivity contribution < 1.29 is 4.39 Å². The van der Waals surface area contributed by atoms with Crippen LogP contribution in [0.4, 0.5) is 27.1 Å². The monoisotopic (exact) mass is 354 g/mol. The number of nitrogens with zero attached hydrogens (tertiary/aromatic N) is 1. The van der Waals surface area contributed by atoms with Crippen molar-refractivity contribution in [1.29, 1.82) is 5.26 Å². The number of benzene rings is 2. The van der Waals surface area contributed by atoms with Gasteiger partial charge in [-0.25, -0.2) is 4.39 Å². The van der Waals surface area contributed by atoms with Gasteiger partial charge in [-0.3, -0.25) is 0 Å². The lowest BCUT2D eigenvalue weighted by molar-refractivity contribution is 0.636. The molecule has 0 saturated carbocycles. The first kappa shape index (κ1) is 14.4. The maximum atomic E-state index is 14.1. The third kappa shape index (κ3) is 2.64. The van der Waals surface area contributed by atoms with Crippen molar-refractivity contribution in [2.45, 2.75) is 0 Å². The van der Waals surface area contributed by atoms with Crippen LogP contribution in [0.15, 0.2) is 28.7 Å². The second-order valence-corrected chi connectivity index (χ2v) is 5.30. The summed E-state index contributed by atoms with van der Waals surface area (Å²) >= 11 is 9.31. The molecule has 0 aromatic heterocycles. The molecule has 20 heavy (non-hydrogen) atoms. The lowest BCUT2D eigenvalue weighted by atomic mass is 10.1. The van der Waals surface area contributed by atoms with Gasteiger partial charge in [-0.2, -0.15) is 5.26 Å². The topological polar surface area (TPSA) is 87.9 Å². The molecule has 0 fully saturated rings. The quantitative estimate of drug-likeness (QED) is 0.710. The summed E-state index contributed by atoms with van der Waals surface area (Å²) in [6.45, 7) is 0. The Morgan fingerprint density at radius 1 is 1.30 bits per heavy atom. The molecule has 0 heterocycles. The molecular formula is C13H9BrClFN4. The molecule has 0 aliphatic rings. The number of anilines is 4. The van der Waals surface area contributed by atoms with E-state index < -0.39 is 5.82 Å². The molecule has 0 aliphatic carbocycles. The average molecular weight is 356 g/mol. The smallest absolute Gasteiger partial charge is 0.172 e. The zero-order valence-electron chi connectivity index (χ0n) is 10.0. The van der Waals surface area contributed by atoms with E-state index in [1.165, 1.54) is 6.07 Å². The molecule has 0 bridgehead atoms. The summed E-state index contributed by atoms with van der Waals surface area (Å²) in [4.78, 5) is 0. The van der Waals surface area contributed by atoms with E-state index in [2.05, 4.69) is 21.2 Å². The van der Waals surface area contributed by atoms with Crippen LogP contribution in [-0.2, 0) is 0 Å². The Morgan fingerprint density at radius 2 is 2.00 bits per heavy atom. The Morgan fingerprint density at radius 3 is 2.60 bits per heavy atom. The Balaban J connectivity index is 2.54. The molecule has 0 amide bonds. The predicted molar refractivity (Wildman–Crippen MR) is 82.4 cm³/mol.